The van der Waals surface area contributed by atoms with E-state index in [9.17, 15) is 14.4 Å². The molecule has 0 unspecified atom stereocenters. The minimum atomic E-state index is -1.24. The summed E-state index contributed by atoms with van der Waals surface area (Å²) in [5.41, 5.74) is 0. The number of rotatable bonds is 8. The largest absolute Gasteiger partial charge is 0.465 e. The SMILES string of the molecule is CC(=O)O[C@H](CC(=O)OCC(C)C)C(=O)OCC(C)C. The van der Waals surface area contributed by atoms with Crippen LogP contribution >= 0.6 is 0 Å². The molecule has 0 saturated heterocycles. The van der Waals surface area contributed by atoms with Crippen LogP contribution in [0.4, 0.5) is 0 Å². The Morgan fingerprint density at radius 1 is 0.900 bits per heavy atom. The molecule has 0 aromatic carbocycles. The van der Waals surface area contributed by atoms with Gasteiger partial charge in [-0.05, 0) is 11.8 Å². The lowest BCUT2D eigenvalue weighted by Gasteiger charge is -2.16. The smallest absolute Gasteiger partial charge is 0.348 e. The number of carbonyl (C=O) groups is 3. The summed E-state index contributed by atoms with van der Waals surface area (Å²) in [6.07, 6.45) is -1.57. The summed E-state index contributed by atoms with van der Waals surface area (Å²) in [5, 5.41) is 0. The van der Waals surface area contributed by atoms with Crippen LogP contribution in [0.15, 0.2) is 0 Å². The molecule has 0 heterocycles. The molecule has 0 rings (SSSR count). The van der Waals surface area contributed by atoms with E-state index < -0.39 is 24.0 Å². The van der Waals surface area contributed by atoms with Crippen LogP contribution in [0.5, 0.6) is 0 Å². The van der Waals surface area contributed by atoms with Gasteiger partial charge < -0.3 is 14.2 Å². The van der Waals surface area contributed by atoms with Crippen molar-refractivity contribution in [3.8, 4) is 0 Å². The first-order valence-electron chi connectivity index (χ1n) is 6.71. The standard InChI is InChI=1S/C14H24O6/c1-9(2)7-18-13(16)6-12(20-11(5)15)14(17)19-8-10(3)4/h9-10,12H,6-8H2,1-5H3/t12-/m1/s1. The van der Waals surface area contributed by atoms with Crippen LogP contribution in [-0.4, -0.2) is 37.2 Å². The quantitative estimate of drug-likeness (QED) is 0.499. The van der Waals surface area contributed by atoms with Gasteiger partial charge in [0.1, 0.15) is 0 Å². The van der Waals surface area contributed by atoms with Crippen LogP contribution < -0.4 is 0 Å². The first-order valence-corrected chi connectivity index (χ1v) is 6.71. The maximum atomic E-state index is 11.7. The van der Waals surface area contributed by atoms with E-state index in [-0.39, 0.29) is 31.5 Å². The monoisotopic (exact) mass is 288 g/mol. The van der Waals surface area contributed by atoms with Gasteiger partial charge in [0, 0.05) is 6.92 Å². The van der Waals surface area contributed by atoms with Gasteiger partial charge in [-0.1, -0.05) is 27.7 Å². The van der Waals surface area contributed by atoms with Crippen molar-refractivity contribution in [3.63, 3.8) is 0 Å². The molecule has 0 bridgehead atoms. The number of hydrogen-bond donors (Lipinski definition) is 0. The highest BCUT2D eigenvalue weighted by atomic mass is 16.6. The lowest BCUT2D eigenvalue weighted by Crippen LogP contribution is -2.32. The van der Waals surface area contributed by atoms with Gasteiger partial charge in [0.25, 0.3) is 0 Å². The molecule has 0 amide bonds. The van der Waals surface area contributed by atoms with Crippen molar-refractivity contribution in [2.24, 2.45) is 11.8 Å². The minimum absolute atomic E-state index is 0.157. The Morgan fingerprint density at radius 3 is 1.85 bits per heavy atom. The number of esters is 3. The van der Waals surface area contributed by atoms with Crippen LogP contribution in [0.1, 0.15) is 41.0 Å². The average Bonchev–Trinajstić information content (AvgIpc) is 2.32. The predicted octanol–water partition coefficient (Wildman–Crippen LogP) is 1.71. The Morgan fingerprint density at radius 2 is 1.40 bits per heavy atom. The topological polar surface area (TPSA) is 78.9 Å². The molecular weight excluding hydrogens is 264 g/mol. The van der Waals surface area contributed by atoms with Gasteiger partial charge in [0.15, 0.2) is 0 Å². The van der Waals surface area contributed by atoms with Gasteiger partial charge >= 0.3 is 17.9 Å². The van der Waals surface area contributed by atoms with E-state index in [0.717, 1.165) is 0 Å². The van der Waals surface area contributed by atoms with Crippen LogP contribution in [0.3, 0.4) is 0 Å². The first kappa shape index (κ1) is 18.4. The molecule has 0 N–H and O–H groups in total. The highest BCUT2D eigenvalue weighted by molar-refractivity contribution is 5.84. The third kappa shape index (κ3) is 9.35. The summed E-state index contributed by atoms with van der Waals surface area (Å²) < 4.78 is 14.7. The molecule has 1 atom stereocenters. The molecule has 0 radical (unpaired) electrons. The van der Waals surface area contributed by atoms with Crippen molar-refractivity contribution >= 4 is 17.9 Å². The molecular formula is C14H24O6. The minimum Gasteiger partial charge on any atom is -0.465 e. The van der Waals surface area contributed by atoms with E-state index in [1.54, 1.807) is 0 Å². The second-order valence-corrected chi connectivity index (χ2v) is 5.40. The van der Waals surface area contributed by atoms with Gasteiger partial charge in [-0.3, -0.25) is 9.59 Å². The molecule has 0 spiro atoms. The van der Waals surface area contributed by atoms with E-state index in [1.165, 1.54) is 6.92 Å². The molecule has 20 heavy (non-hydrogen) atoms. The average molecular weight is 288 g/mol. The zero-order valence-electron chi connectivity index (χ0n) is 12.8. The van der Waals surface area contributed by atoms with Crippen molar-refractivity contribution in [3.05, 3.63) is 0 Å². The van der Waals surface area contributed by atoms with Gasteiger partial charge in [0.05, 0.1) is 19.6 Å². The number of ether oxygens (including phenoxy) is 3. The van der Waals surface area contributed by atoms with Gasteiger partial charge in [-0.15, -0.1) is 0 Å². The van der Waals surface area contributed by atoms with E-state index in [1.807, 2.05) is 27.7 Å². The van der Waals surface area contributed by atoms with E-state index in [2.05, 4.69) is 0 Å². The molecule has 0 fully saturated rings. The molecule has 0 saturated carbocycles. The molecule has 0 aliphatic carbocycles. The summed E-state index contributed by atoms with van der Waals surface area (Å²) in [5.74, 6) is -1.61. The summed E-state index contributed by atoms with van der Waals surface area (Å²) >= 11 is 0. The zero-order chi connectivity index (χ0) is 15.7. The van der Waals surface area contributed by atoms with E-state index in [0.29, 0.717) is 0 Å². The Bertz CT molecular complexity index is 335. The van der Waals surface area contributed by atoms with Crippen molar-refractivity contribution < 1.29 is 28.6 Å². The van der Waals surface area contributed by atoms with Gasteiger partial charge in [-0.2, -0.15) is 0 Å². The van der Waals surface area contributed by atoms with Crippen LogP contribution in [0, 0.1) is 11.8 Å². The lowest BCUT2D eigenvalue weighted by atomic mass is 10.2. The molecule has 116 valence electrons. The fourth-order valence-corrected chi connectivity index (χ4v) is 1.19. The maximum Gasteiger partial charge on any atom is 0.348 e. The van der Waals surface area contributed by atoms with Gasteiger partial charge in [-0.25, -0.2) is 4.79 Å². The lowest BCUT2D eigenvalue weighted by molar-refractivity contribution is -0.171. The summed E-state index contributed by atoms with van der Waals surface area (Å²) in [6.45, 7) is 9.18. The first-order chi connectivity index (χ1) is 9.22. The Labute approximate surface area is 119 Å². The Balaban J connectivity index is 4.43. The normalized spacial score (nSPS) is 12.2. The Hall–Kier alpha value is -1.59. The summed E-state index contributed by atoms with van der Waals surface area (Å²) in [6, 6.07) is 0. The molecule has 0 aliphatic rings. The molecule has 0 aromatic rings. The second kappa shape index (κ2) is 9.34. The van der Waals surface area contributed by atoms with Crippen LogP contribution in [0.25, 0.3) is 0 Å². The summed E-state index contributed by atoms with van der Waals surface area (Å²) in [4.78, 5) is 34.3. The van der Waals surface area contributed by atoms with Crippen molar-refractivity contribution in [1.29, 1.82) is 0 Å². The molecule has 6 heteroatoms. The van der Waals surface area contributed by atoms with E-state index in [4.69, 9.17) is 14.2 Å². The van der Waals surface area contributed by atoms with Crippen LogP contribution in [-0.2, 0) is 28.6 Å². The molecule has 0 aliphatic heterocycles. The molecule has 0 aromatic heterocycles. The van der Waals surface area contributed by atoms with Crippen LogP contribution in [0.2, 0.25) is 0 Å². The summed E-state index contributed by atoms with van der Waals surface area (Å²) in [7, 11) is 0. The predicted molar refractivity (Wildman–Crippen MR) is 71.8 cm³/mol. The Kier molecular flexibility index (Phi) is 8.59. The highest BCUT2D eigenvalue weighted by Gasteiger charge is 2.27. The van der Waals surface area contributed by atoms with Crippen molar-refractivity contribution in [2.75, 3.05) is 13.2 Å². The van der Waals surface area contributed by atoms with E-state index >= 15 is 0 Å². The van der Waals surface area contributed by atoms with Crippen molar-refractivity contribution in [1.82, 2.24) is 0 Å². The molecule has 6 nitrogen and oxygen atoms in total. The third-order valence-electron chi connectivity index (χ3n) is 2.06. The second-order valence-electron chi connectivity index (χ2n) is 5.40. The third-order valence-corrected chi connectivity index (χ3v) is 2.06. The highest BCUT2D eigenvalue weighted by Crippen LogP contribution is 2.07. The zero-order valence-corrected chi connectivity index (χ0v) is 12.8. The maximum absolute atomic E-state index is 11.7. The fraction of sp³-hybridized carbons (Fsp3) is 0.786. The fourth-order valence-electron chi connectivity index (χ4n) is 1.19. The van der Waals surface area contributed by atoms with Gasteiger partial charge in [0.2, 0.25) is 6.10 Å². The van der Waals surface area contributed by atoms with Crippen molar-refractivity contribution in [2.45, 2.75) is 47.1 Å². The number of carbonyl (C=O) groups excluding carboxylic acids is 3. The number of hydrogen-bond acceptors (Lipinski definition) is 6.